The number of aliphatic carboxylic acids is 1. The van der Waals surface area contributed by atoms with Crippen molar-refractivity contribution < 1.29 is 34.4 Å². The summed E-state index contributed by atoms with van der Waals surface area (Å²) in [4.78, 5) is 33.5. The molecule has 1 aliphatic rings. The fourth-order valence-electron chi connectivity index (χ4n) is 2.62. The molecule has 1 heterocycles. The summed E-state index contributed by atoms with van der Waals surface area (Å²) < 4.78 is 4.78. The Morgan fingerprint density at radius 2 is 1.85 bits per heavy atom. The number of ether oxygens (including phenoxy) is 1. The van der Waals surface area contributed by atoms with Gasteiger partial charge in [0.15, 0.2) is 5.54 Å². The number of likely N-dealkylation sites (tertiary alicyclic amines) is 1. The molecule has 26 heavy (non-hydrogen) atoms. The molecule has 3 N–H and O–H groups in total. The van der Waals surface area contributed by atoms with E-state index in [0.717, 1.165) is 11.3 Å². The molecule has 1 saturated heterocycles. The number of aliphatic hydroxyl groups excluding tert-OH is 1. The highest BCUT2D eigenvalue weighted by molar-refractivity contribution is 5.88. The number of nitrogens with zero attached hydrogens (tertiary/aromatic N) is 1. The average Bonchev–Trinajstić information content (AvgIpc) is 2.82. The lowest BCUT2D eigenvalue weighted by Gasteiger charge is -2.33. The van der Waals surface area contributed by atoms with Crippen molar-refractivity contribution in [2.24, 2.45) is 5.41 Å². The van der Waals surface area contributed by atoms with Gasteiger partial charge in [0, 0.05) is 20.1 Å². The molecule has 0 aromatic carbocycles. The first kappa shape index (κ1) is 23.9. The molecule has 150 valence electrons. The Labute approximate surface area is 154 Å². The minimum Gasteiger partial charge on any atom is -0.479 e. The molecule has 8 nitrogen and oxygen atoms in total. The van der Waals surface area contributed by atoms with Crippen molar-refractivity contribution in [1.82, 2.24) is 4.90 Å². The fraction of sp³-hybridized carbons (Fsp3) is 0.722. The maximum absolute atomic E-state index is 11.3. The molecule has 0 aromatic rings. The molecule has 8 heteroatoms. The summed E-state index contributed by atoms with van der Waals surface area (Å²) in [5.41, 5.74) is -0.917. The summed E-state index contributed by atoms with van der Waals surface area (Å²) >= 11 is 0. The molecule has 0 radical (unpaired) electrons. The summed E-state index contributed by atoms with van der Waals surface area (Å²) in [6.07, 6.45) is 0.300. The molecule has 0 saturated carbocycles. The molecule has 1 fully saturated rings. The third kappa shape index (κ3) is 7.03. The van der Waals surface area contributed by atoms with Crippen LogP contribution in [-0.2, 0) is 14.3 Å². The second-order valence-corrected chi connectivity index (χ2v) is 7.43. The minimum absolute atomic E-state index is 0.0595. The van der Waals surface area contributed by atoms with Crippen LogP contribution in [0.15, 0.2) is 12.2 Å². The fourth-order valence-corrected chi connectivity index (χ4v) is 2.62. The van der Waals surface area contributed by atoms with E-state index >= 15 is 0 Å². The van der Waals surface area contributed by atoms with E-state index < -0.39 is 17.6 Å². The predicted octanol–water partition coefficient (Wildman–Crippen LogP) is 2.51. The zero-order valence-electron chi connectivity index (χ0n) is 16.1. The van der Waals surface area contributed by atoms with Gasteiger partial charge in [-0.2, -0.15) is 0 Å². The van der Waals surface area contributed by atoms with E-state index in [1.54, 1.807) is 0 Å². The SMILES string of the molecule is C=C1CCN(C(=O)O)C1(CCCO)C(=O)O.CC(=O)OCCC(C)(C)C. The van der Waals surface area contributed by atoms with Gasteiger partial charge >= 0.3 is 18.0 Å². The Morgan fingerprint density at radius 3 is 2.23 bits per heavy atom. The summed E-state index contributed by atoms with van der Waals surface area (Å²) in [6, 6.07) is 0. The van der Waals surface area contributed by atoms with Crippen molar-refractivity contribution in [2.45, 2.75) is 58.9 Å². The van der Waals surface area contributed by atoms with E-state index in [1.165, 1.54) is 6.92 Å². The Bertz CT molecular complexity index is 524. The second kappa shape index (κ2) is 10.2. The summed E-state index contributed by atoms with van der Waals surface area (Å²) in [5.74, 6) is -1.41. The molecule has 0 aromatic heterocycles. The van der Waals surface area contributed by atoms with Gasteiger partial charge in [-0.1, -0.05) is 27.4 Å². The van der Waals surface area contributed by atoms with Gasteiger partial charge in [-0.3, -0.25) is 9.69 Å². The topological polar surface area (TPSA) is 124 Å². The Hall–Kier alpha value is -2.09. The maximum atomic E-state index is 11.3. The van der Waals surface area contributed by atoms with Gasteiger partial charge in [0.05, 0.1) is 6.61 Å². The molecule has 1 unspecified atom stereocenters. The largest absolute Gasteiger partial charge is 0.479 e. The highest BCUT2D eigenvalue weighted by atomic mass is 16.5. The predicted molar refractivity (Wildman–Crippen MR) is 95.9 cm³/mol. The van der Waals surface area contributed by atoms with Gasteiger partial charge in [-0.15, -0.1) is 0 Å². The maximum Gasteiger partial charge on any atom is 0.408 e. The van der Waals surface area contributed by atoms with Crippen LogP contribution in [0.1, 0.15) is 53.4 Å². The molecule has 1 atom stereocenters. The van der Waals surface area contributed by atoms with Crippen LogP contribution in [-0.4, -0.2) is 63.5 Å². The minimum atomic E-state index is -1.56. The number of esters is 1. The van der Waals surface area contributed by atoms with Crippen LogP contribution in [0.4, 0.5) is 4.79 Å². The zero-order valence-corrected chi connectivity index (χ0v) is 16.1. The van der Waals surface area contributed by atoms with Crippen molar-refractivity contribution >= 4 is 18.0 Å². The zero-order chi connectivity index (χ0) is 20.5. The molecule has 0 bridgehead atoms. The van der Waals surface area contributed by atoms with Crippen LogP contribution in [0.25, 0.3) is 0 Å². The van der Waals surface area contributed by atoms with E-state index in [4.69, 9.17) is 14.9 Å². The van der Waals surface area contributed by atoms with Crippen LogP contribution >= 0.6 is 0 Å². The van der Waals surface area contributed by atoms with Crippen LogP contribution < -0.4 is 0 Å². The highest BCUT2D eigenvalue weighted by Crippen LogP contribution is 2.37. The van der Waals surface area contributed by atoms with Crippen molar-refractivity contribution in [2.75, 3.05) is 19.8 Å². The normalized spacial score (nSPS) is 19.6. The van der Waals surface area contributed by atoms with E-state index in [-0.39, 0.29) is 37.4 Å². The van der Waals surface area contributed by atoms with Crippen molar-refractivity contribution in [1.29, 1.82) is 0 Å². The molecule has 0 spiro atoms. The van der Waals surface area contributed by atoms with E-state index in [1.807, 2.05) is 0 Å². The number of aliphatic hydroxyl groups is 1. The number of amides is 1. The molecular weight excluding hydrogens is 342 g/mol. The van der Waals surface area contributed by atoms with E-state index in [0.29, 0.717) is 18.6 Å². The average molecular weight is 373 g/mol. The van der Waals surface area contributed by atoms with Gasteiger partial charge in [0.1, 0.15) is 0 Å². The lowest BCUT2D eigenvalue weighted by Crippen LogP contribution is -2.53. The first-order valence-corrected chi connectivity index (χ1v) is 8.55. The number of hydrogen-bond donors (Lipinski definition) is 3. The van der Waals surface area contributed by atoms with Crippen molar-refractivity contribution in [3.63, 3.8) is 0 Å². The Morgan fingerprint density at radius 1 is 1.27 bits per heavy atom. The number of carboxylic acids is 1. The number of hydrogen-bond acceptors (Lipinski definition) is 5. The smallest absolute Gasteiger partial charge is 0.408 e. The molecule has 0 aliphatic carbocycles. The Balaban J connectivity index is 0.000000541. The van der Waals surface area contributed by atoms with Gasteiger partial charge in [-0.05, 0) is 36.7 Å². The first-order valence-electron chi connectivity index (χ1n) is 8.55. The quantitative estimate of drug-likeness (QED) is 0.482. The van der Waals surface area contributed by atoms with Gasteiger partial charge in [0.25, 0.3) is 0 Å². The van der Waals surface area contributed by atoms with Gasteiger partial charge < -0.3 is 20.1 Å². The van der Waals surface area contributed by atoms with Crippen LogP contribution in [0.2, 0.25) is 0 Å². The van der Waals surface area contributed by atoms with Crippen LogP contribution in [0, 0.1) is 5.41 Å². The molecule has 1 rings (SSSR count). The summed E-state index contributed by atoms with van der Waals surface area (Å²) in [6.45, 7) is 12.0. The standard InChI is InChI=1S/C10H15NO5.C8H16O2/c1-7-3-5-11(9(15)16)10(7,8(13)14)4-2-6-12;1-7(9)10-6-5-8(2,3)4/h12H,1-6H2,(H,13,14)(H,15,16);5-6H2,1-4H3. The lowest BCUT2D eigenvalue weighted by atomic mass is 9.87. The lowest BCUT2D eigenvalue weighted by molar-refractivity contribution is -0.147. The number of carboxylic acid groups (broad SMARTS) is 2. The highest BCUT2D eigenvalue weighted by Gasteiger charge is 2.52. The second-order valence-electron chi connectivity index (χ2n) is 7.43. The van der Waals surface area contributed by atoms with E-state index in [2.05, 4.69) is 27.4 Å². The van der Waals surface area contributed by atoms with Gasteiger partial charge in [-0.25, -0.2) is 9.59 Å². The summed E-state index contributed by atoms with van der Waals surface area (Å²) in [5, 5.41) is 27.0. The summed E-state index contributed by atoms with van der Waals surface area (Å²) in [7, 11) is 0. The van der Waals surface area contributed by atoms with Crippen molar-refractivity contribution in [3.05, 3.63) is 12.2 Å². The van der Waals surface area contributed by atoms with Crippen LogP contribution in [0.5, 0.6) is 0 Å². The first-order chi connectivity index (χ1) is 11.9. The third-order valence-corrected chi connectivity index (χ3v) is 4.12. The number of rotatable bonds is 6. The molecule has 1 amide bonds. The number of carbonyl (C=O) groups excluding carboxylic acids is 1. The van der Waals surface area contributed by atoms with Crippen molar-refractivity contribution in [3.8, 4) is 0 Å². The number of carbonyl (C=O) groups is 3. The Kier molecular flexibility index (Phi) is 9.34. The van der Waals surface area contributed by atoms with Gasteiger partial charge in [0.2, 0.25) is 0 Å². The molecular formula is C18H31NO7. The van der Waals surface area contributed by atoms with E-state index in [9.17, 15) is 19.5 Å². The molecule has 1 aliphatic heterocycles. The monoisotopic (exact) mass is 373 g/mol. The third-order valence-electron chi connectivity index (χ3n) is 4.12. The van der Waals surface area contributed by atoms with Crippen LogP contribution in [0.3, 0.4) is 0 Å².